The first kappa shape index (κ1) is 11.0. The van der Waals surface area contributed by atoms with Crippen LogP contribution in [-0.4, -0.2) is 18.3 Å². The van der Waals surface area contributed by atoms with Crippen molar-refractivity contribution in [3.05, 3.63) is 33.3 Å². The minimum atomic E-state index is -0.0481. The second-order valence-corrected chi connectivity index (χ2v) is 4.07. The lowest BCUT2D eigenvalue weighted by Crippen LogP contribution is -2.16. The Kier molecular flexibility index (Phi) is 4.19. The Labute approximate surface area is 90.8 Å². The van der Waals surface area contributed by atoms with E-state index in [1.165, 1.54) is 0 Å². The third-order valence-electron chi connectivity index (χ3n) is 1.90. The van der Waals surface area contributed by atoms with Gasteiger partial charge in [-0.15, -0.1) is 0 Å². The first-order valence-electron chi connectivity index (χ1n) is 3.95. The summed E-state index contributed by atoms with van der Waals surface area (Å²) in [6.07, 6.45) is 0. The molecule has 0 spiro atoms. The number of aliphatic hydroxyl groups excluding tert-OH is 1. The van der Waals surface area contributed by atoms with Gasteiger partial charge in [0, 0.05) is 22.0 Å². The van der Waals surface area contributed by atoms with Crippen LogP contribution in [0, 0.1) is 0 Å². The number of hydrogen-bond donors (Lipinski definition) is 2. The van der Waals surface area contributed by atoms with Gasteiger partial charge in [-0.1, -0.05) is 27.5 Å². The summed E-state index contributed by atoms with van der Waals surface area (Å²) >= 11 is 9.22. The Bertz CT molecular complexity index is 289. The van der Waals surface area contributed by atoms with Crippen LogP contribution in [-0.2, 0) is 0 Å². The number of aliphatic hydroxyl groups is 1. The minimum absolute atomic E-state index is 0.0371. The van der Waals surface area contributed by atoms with E-state index in [1.807, 2.05) is 12.1 Å². The van der Waals surface area contributed by atoms with Crippen LogP contribution in [0.25, 0.3) is 0 Å². The van der Waals surface area contributed by atoms with Gasteiger partial charge >= 0.3 is 0 Å². The minimum Gasteiger partial charge on any atom is -0.396 e. The van der Waals surface area contributed by atoms with E-state index in [-0.39, 0.29) is 12.5 Å². The molecule has 0 aliphatic rings. The van der Waals surface area contributed by atoms with E-state index in [4.69, 9.17) is 22.4 Å². The molecule has 72 valence electrons. The van der Waals surface area contributed by atoms with Gasteiger partial charge in [0.05, 0.1) is 6.61 Å². The van der Waals surface area contributed by atoms with Crippen molar-refractivity contribution in [3.8, 4) is 0 Å². The second-order valence-electron chi connectivity index (χ2n) is 2.78. The van der Waals surface area contributed by atoms with Crippen molar-refractivity contribution in [2.75, 3.05) is 13.2 Å². The molecule has 0 bridgehead atoms. The average molecular weight is 265 g/mol. The molecular formula is C9H11BrClNO. The Morgan fingerprint density at radius 3 is 2.77 bits per heavy atom. The number of hydrogen-bond acceptors (Lipinski definition) is 2. The smallest absolute Gasteiger partial charge is 0.0512 e. The highest BCUT2D eigenvalue weighted by atomic mass is 79.9. The standard InChI is InChI=1S/C9H11BrClNO/c10-9-2-1-7(11)3-8(9)6(4-12)5-13/h1-3,6,13H,4-5,12H2. The predicted octanol–water partition coefficient (Wildman–Crippen LogP) is 2.14. The van der Waals surface area contributed by atoms with Crippen LogP contribution in [0.4, 0.5) is 0 Å². The summed E-state index contributed by atoms with van der Waals surface area (Å²) in [7, 11) is 0. The van der Waals surface area contributed by atoms with Gasteiger partial charge in [0.2, 0.25) is 0 Å². The average Bonchev–Trinajstić information content (AvgIpc) is 2.13. The summed E-state index contributed by atoms with van der Waals surface area (Å²) in [5, 5.41) is 9.71. The molecule has 0 saturated heterocycles. The normalized spacial score (nSPS) is 12.9. The second kappa shape index (κ2) is 4.96. The molecule has 1 aromatic carbocycles. The third-order valence-corrected chi connectivity index (χ3v) is 2.86. The monoisotopic (exact) mass is 263 g/mol. The SMILES string of the molecule is NCC(CO)c1cc(Cl)ccc1Br. The van der Waals surface area contributed by atoms with Gasteiger partial charge in [-0.3, -0.25) is 0 Å². The largest absolute Gasteiger partial charge is 0.396 e. The maximum atomic E-state index is 9.05. The van der Waals surface area contributed by atoms with Crippen molar-refractivity contribution >= 4 is 27.5 Å². The fraction of sp³-hybridized carbons (Fsp3) is 0.333. The van der Waals surface area contributed by atoms with Crippen molar-refractivity contribution < 1.29 is 5.11 Å². The molecule has 0 radical (unpaired) electrons. The van der Waals surface area contributed by atoms with Gasteiger partial charge in [0.15, 0.2) is 0 Å². The summed E-state index contributed by atoms with van der Waals surface area (Å²) in [5.41, 5.74) is 6.47. The number of halogens is 2. The van der Waals surface area contributed by atoms with Crippen LogP contribution in [0.3, 0.4) is 0 Å². The van der Waals surface area contributed by atoms with Crippen molar-refractivity contribution in [2.24, 2.45) is 5.73 Å². The molecule has 4 heteroatoms. The summed E-state index contributed by atoms with van der Waals surface area (Å²) < 4.78 is 0.932. The van der Waals surface area contributed by atoms with E-state index in [1.54, 1.807) is 6.07 Å². The van der Waals surface area contributed by atoms with Gasteiger partial charge in [-0.25, -0.2) is 0 Å². The Morgan fingerprint density at radius 1 is 1.54 bits per heavy atom. The van der Waals surface area contributed by atoms with E-state index in [2.05, 4.69) is 15.9 Å². The first-order chi connectivity index (χ1) is 6.19. The van der Waals surface area contributed by atoms with Crippen LogP contribution in [0.15, 0.2) is 22.7 Å². The quantitative estimate of drug-likeness (QED) is 0.879. The molecule has 3 N–H and O–H groups in total. The molecule has 1 aromatic rings. The molecule has 1 atom stereocenters. The van der Waals surface area contributed by atoms with Crippen LogP contribution >= 0.6 is 27.5 Å². The number of rotatable bonds is 3. The van der Waals surface area contributed by atoms with E-state index >= 15 is 0 Å². The molecule has 0 fully saturated rings. The van der Waals surface area contributed by atoms with Gasteiger partial charge in [-0.2, -0.15) is 0 Å². The molecule has 0 aliphatic heterocycles. The topological polar surface area (TPSA) is 46.2 Å². The Balaban J connectivity index is 3.03. The lowest BCUT2D eigenvalue weighted by Gasteiger charge is -2.13. The van der Waals surface area contributed by atoms with Gasteiger partial charge < -0.3 is 10.8 Å². The molecular weight excluding hydrogens is 253 g/mol. The first-order valence-corrected chi connectivity index (χ1v) is 5.12. The lowest BCUT2D eigenvalue weighted by molar-refractivity contribution is 0.267. The van der Waals surface area contributed by atoms with Crippen LogP contribution in [0.1, 0.15) is 11.5 Å². The highest BCUT2D eigenvalue weighted by Crippen LogP contribution is 2.27. The molecule has 0 amide bonds. The van der Waals surface area contributed by atoms with Crippen molar-refractivity contribution in [1.82, 2.24) is 0 Å². The molecule has 0 saturated carbocycles. The number of benzene rings is 1. The van der Waals surface area contributed by atoms with Crippen LogP contribution in [0.2, 0.25) is 5.02 Å². The summed E-state index contributed by atoms with van der Waals surface area (Å²) in [5.74, 6) is -0.0481. The zero-order valence-electron chi connectivity index (χ0n) is 7.00. The molecule has 13 heavy (non-hydrogen) atoms. The summed E-state index contributed by atoms with van der Waals surface area (Å²) in [6.45, 7) is 0.449. The third kappa shape index (κ3) is 2.68. The molecule has 2 nitrogen and oxygen atoms in total. The molecule has 0 heterocycles. The van der Waals surface area contributed by atoms with E-state index in [9.17, 15) is 0 Å². The highest BCUT2D eigenvalue weighted by Gasteiger charge is 2.11. The van der Waals surface area contributed by atoms with Crippen molar-refractivity contribution in [2.45, 2.75) is 5.92 Å². The van der Waals surface area contributed by atoms with Gasteiger partial charge in [0.1, 0.15) is 0 Å². The zero-order valence-corrected chi connectivity index (χ0v) is 9.35. The van der Waals surface area contributed by atoms with E-state index in [0.29, 0.717) is 11.6 Å². The summed E-state index contributed by atoms with van der Waals surface area (Å²) in [4.78, 5) is 0. The van der Waals surface area contributed by atoms with Gasteiger partial charge in [-0.05, 0) is 23.8 Å². The van der Waals surface area contributed by atoms with Crippen LogP contribution < -0.4 is 5.73 Å². The Morgan fingerprint density at radius 2 is 2.23 bits per heavy atom. The van der Waals surface area contributed by atoms with Crippen molar-refractivity contribution in [1.29, 1.82) is 0 Å². The van der Waals surface area contributed by atoms with E-state index in [0.717, 1.165) is 10.0 Å². The maximum absolute atomic E-state index is 9.05. The fourth-order valence-electron chi connectivity index (χ4n) is 1.13. The molecule has 1 unspecified atom stereocenters. The summed E-state index contributed by atoms with van der Waals surface area (Å²) in [6, 6.07) is 5.47. The zero-order chi connectivity index (χ0) is 9.84. The molecule has 1 rings (SSSR count). The van der Waals surface area contributed by atoms with Crippen LogP contribution in [0.5, 0.6) is 0 Å². The fourth-order valence-corrected chi connectivity index (χ4v) is 1.88. The molecule has 0 aromatic heterocycles. The molecule has 0 aliphatic carbocycles. The van der Waals surface area contributed by atoms with Crippen molar-refractivity contribution in [3.63, 3.8) is 0 Å². The lowest BCUT2D eigenvalue weighted by atomic mass is 10.0. The predicted molar refractivity (Wildman–Crippen MR) is 58.0 cm³/mol. The maximum Gasteiger partial charge on any atom is 0.0512 e. The number of nitrogens with two attached hydrogens (primary N) is 1. The highest BCUT2D eigenvalue weighted by molar-refractivity contribution is 9.10. The Hall–Kier alpha value is -0.0900. The van der Waals surface area contributed by atoms with Gasteiger partial charge in [0.25, 0.3) is 0 Å². The van der Waals surface area contributed by atoms with E-state index < -0.39 is 0 Å².